The molecule has 0 unspecified atom stereocenters. The van der Waals surface area contributed by atoms with Gasteiger partial charge in [-0.25, -0.2) is 28.8 Å². The average Bonchev–Trinajstić information content (AvgIpc) is 2.18. The van der Waals surface area contributed by atoms with Crippen molar-refractivity contribution in [2.75, 3.05) is 0 Å². The van der Waals surface area contributed by atoms with E-state index in [1.54, 1.807) is 0 Å². The van der Waals surface area contributed by atoms with Crippen LogP contribution in [0.25, 0.3) is 0 Å². The normalized spacial score (nSPS) is 6.95. The summed E-state index contributed by atoms with van der Waals surface area (Å²) in [6.45, 7) is 0. The minimum atomic E-state index is -1.82. The Morgan fingerprint density at radius 2 is 0.421 bits per heavy atom. The van der Waals surface area contributed by atoms with E-state index in [1.165, 1.54) is 0 Å². The number of aliphatic carboxylic acids is 6. The molecule has 106 valence electrons. The van der Waals surface area contributed by atoms with Crippen LogP contribution in [0.3, 0.4) is 0 Å². The summed E-state index contributed by atoms with van der Waals surface area (Å²) in [5.74, 6) is -10.9. The fraction of sp³-hybridized carbons (Fsp3) is 0. The summed E-state index contributed by atoms with van der Waals surface area (Å²) in [6.07, 6.45) is 0. The van der Waals surface area contributed by atoms with Crippen molar-refractivity contribution in [3.05, 3.63) is 0 Å². The van der Waals surface area contributed by atoms with Gasteiger partial charge in [-0.1, -0.05) is 0 Å². The molecular formula is C6H6MnO12+3. The molecular weight excluding hydrogens is 319 g/mol. The SMILES string of the molecule is O=C(O)C(=O)O.O=C(O)C(=O)O.O=C(O)C(=O)O.[Mn+3]. The Hall–Kier alpha value is -2.66. The fourth-order valence-electron chi connectivity index (χ4n) is 0. The van der Waals surface area contributed by atoms with Gasteiger partial charge in [-0.15, -0.1) is 0 Å². The van der Waals surface area contributed by atoms with Gasteiger partial charge in [0.05, 0.1) is 0 Å². The summed E-state index contributed by atoms with van der Waals surface area (Å²) >= 11 is 0. The predicted molar refractivity (Wildman–Crippen MR) is 45.8 cm³/mol. The zero-order chi connectivity index (χ0) is 15.5. The van der Waals surface area contributed by atoms with Crippen LogP contribution in [0.5, 0.6) is 0 Å². The molecule has 0 atom stereocenters. The second kappa shape index (κ2) is 13.4. The van der Waals surface area contributed by atoms with Gasteiger partial charge in [0.25, 0.3) is 0 Å². The molecule has 19 heavy (non-hydrogen) atoms. The molecule has 13 heteroatoms. The molecule has 0 aromatic heterocycles. The Kier molecular flexibility index (Phi) is 17.8. The first kappa shape index (κ1) is 25.3. The van der Waals surface area contributed by atoms with Crippen molar-refractivity contribution in [1.29, 1.82) is 0 Å². The van der Waals surface area contributed by atoms with Crippen LogP contribution in [0, 0.1) is 0 Å². The summed E-state index contributed by atoms with van der Waals surface area (Å²) in [4.78, 5) is 54.6. The van der Waals surface area contributed by atoms with Crippen LogP contribution >= 0.6 is 0 Å². The number of hydrogen-bond donors (Lipinski definition) is 6. The van der Waals surface area contributed by atoms with Crippen LogP contribution in [-0.4, -0.2) is 66.5 Å². The third kappa shape index (κ3) is 31.3. The van der Waals surface area contributed by atoms with Crippen LogP contribution in [0.15, 0.2) is 0 Å². The first-order chi connectivity index (χ1) is 7.93. The summed E-state index contributed by atoms with van der Waals surface area (Å²) in [6, 6.07) is 0. The van der Waals surface area contributed by atoms with Crippen LogP contribution in [0.2, 0.25) is 0 Å². The van der Waals surface area contributed by atoms with Crippen molar-refractivity contribution in [1.82, 2.24) is 0 Å². The quantitative estimate of drug-likeness (QED) is 0.200. The average molecular weight is 325 g/mol. The molecule has 0 amide bonds. The van der Waals surface area contributed by atoms with Gasteiger partial charge in [0.15, 0.2) is 0 Å². The first-order valence-electron chi connectivity index (χ1n) is 3.32. The van der Waals surface area contributed by atoms with E-state index >= 15 is 0 Å². The molecule has 0 aliphatic heterocycles. The van der Waals surface area contributed by atoms with Gasteiger partial charge in [0.2, 0.25) is 0 Å². The minimum Gasteiger partial charge on any atom is -0.473 e. The monoisotopic (exact) mass is 325 g/mol. The standard InChI is InChI=1S/3C2H2O4.Mn/c3*3-1(4)2(5)6;/h3*(H,3,4)(H,5,6);/q;;;+3. The van der Waals surface area contributed by atoms with Crippen molar-refractivity contribution >= 4 is 35.8 Å². The Morgan fingerprint density at radius 3 is 0.421 bits per heavy atom. The molecule has 12 nitrogen and oxygen atoms in total. The number of carbonyl (C=O) groups is 6. The Balaban J connectivity index is -0.0000000865. The summed E-state index contributed by atoms with van der Waals surface area (Å²) < 4.78 is 0. The van der Waals surface area contributed by atoms with Gasteiger partial charge >= 0.3 is 52.9 Å². The molecule has 0 aliphatic rings. The summed E-state index contributed by atoms with van der Waals surface area (Å²) in [7, 11) is 0. The molecule has 0 bridgehead atoms. The maximum atomic E-state index is 9.10. The van der Waals surface area contributed by atoms with E-state index in [1.807, 2.05) is 0 Å². The zero-order valence-electron chi connectivity index (χ0n) is 8.51. The fourth-order valence-corrected chi connectivity index (χ4v) is 0. The Morgan fingerprint density at radius 1 is 0.368 bits per heavy atom. The minimum absolute atomic E-state index is 0. The van der Waals surface area contributed by atoms with Crippen molar-refractivity contribution < 1.29 is 76.5 Å². The van der Waals surface area contributed by atoms with Crippen molar-refractivity contribution in [3.63, 3.8) is 0 Å². The smallest absolute Gasteiger partial charge is 0.473 e. The first-order valence-corrected chi connectivity index (χ1v) is 3.32. The van der Waals surface area contributed by atoms with E-state index in [4.69, 9.17) is 59.4 Å². The molecule has 0 aromatic rings. The molecule has 0 spiro atoms. The van der Waals surface area contributed by atoms with Crippen molar-refractivity contribution in [2.24, 2.45) is 0 Å². The number of carboxylic acid groups (broad SMARTS) is 6. The van der Waals surface area contributed by atoms with Gasteiger partial charge in [-0.3, -0.25) is 0 Å². The van der Waals surface area contributed by atoms with Gasteiger partial charge < -0.3 is 30.6 Å². The number of hydrogen-bond acceptors (Lipinski definition) is 6. The van der Waals surface area contributed by atoms with Crippen LogP contribution in [-0.2, 0) is 45.8 Å². The van der Waals surface area contributed by atoms with E-state index in [9.17, 15) is 0 Å². The molecule has 0 saturated heterocycles. The van der Waals surface area contributed by atoms with Crippen LogP contribution in [0.4, 0.5) is 0 Å². The number of rotatable bonds is 0. The van der Waals surface area contributed by atoms with Gasteiger partial charge in [0, 0.05) is 0 Å². The molecule has 6 N–H and O–H groups in total. The molecule has 0 saturated carbocycles. The predicted octanol–water partition coefficient (Wildman–Crippen LogP) is -2.54. The van der Waals surface area contributed by atoms with Crippen molar-refractivity contribution in [2.45, 2.75) is 0 Å². The van der Waals surface area contributed by atoms with Gasteiger partial charge in [0.1, 0.15) is 0 Å². The second-order valence-corrected chi connectivity index (χ2v) is 1.83. The van der Waals surface area contributed by atoms with Gasteiger partial charge in [-0.05, 0) is 0 Å². The molecule has 0 heterocycles. The Labute approximate surface area is 113 Å². The van der Waals surface area contributed by atoms with Gasteiger partial charge in [-0.2, -0.15) is 0 Å². The van der Waals surface area contributed by atoms with Crippen molar-refractivity contribution in [3.8, 4) is 0 Å². The molecule has 0 radical (unpaired) electrons. The second-order valence-electron chi connectivity index (χ2n) is 1.83. The van der Waals surface area contributed by atoms with E-state index < -0.39 is 35.8 Å². The zero-order valence-corrected chi connectivity index (χ0v) is 9.69. The van der Waals surface area contributed by atoms with E-state index in [0.717, 1.165) is 0 Å². The van der Waals surface area contributed by atoms with E-state index in [-0.39, 0.29) is 17.1 Å². The third-order valence-electron chi connectivity index (χ3n) is 0.549. The largest absolute Gasteiger partial charge is 3.00 e. The molecule has 0 aromatic carbocycles. The molecule has 0 rings (SSSR count). The molecule has 0 aliphatic carbocycles. The molecule has 0 fully saturated rings. The van der Waals surface area contributed by atoms with Crippen LogP contribution in [0.1, 0.15) is 0 Å². The number of carboxylic acids is 6. The topological polar surface area (TPSA) is 224 Å². The third-order valence-corrected chi connectivity index (χ3v) is 0.549. The van der Waals surface area contributed by atoms with E-state index in [2.05, 4.69) is 0 Å². The maximum Gasteiger partial charge on any atom is 3.00 e. The van der Waals surface area contributed by atoms with Crippen LogP contribution < -0.4 is 0 Å². The van der Waals surface area contributed by atoms with E-state index in [0.29, 0.717) is 0 Å². The summed E-state index contributed by atoms with van der Waals surface area (Å²) in [5, 5.41) is 44.3. The maximum absolute atomic E-state index is 9.10. The summed E-state index contributed by atoms with van der Waals surface area (Å²) in [5.41, 5.74) is 0. The Bertz CT molecular complexity index is 277.